The number of carbonyl (C=O) groups excluding carboxylic acids is 3. The molecule has 0 aliphatic carbocycles. The van der Waals surface area contributed by atoms with Crippen LogP contribution in [0.5, 0.6) is 0 Å². The molecular formula is C40H55N7O5. The number of piperidine rings is 3. The molecule has 0 saturated carbocycles. The Kier molecular flexibility index (Phi) is 10.1. The Balaban J connectivity index is 1.03. The van der Waals surface area contributed by atoms with Crippen LogP contribution in [0.4, 0.5) is 15.3 Å². The average molecular weight is 714 g/mol. The molecule has 0 spiro atoms. The van der Waals surface area contributed by atoms with E-state index in [1.54, 1.807) is 28.1 Å². The van der Waals surface area contributed by atoms with Crippen LogP contribution in [0.2, 0.25) is 0 Å². The van der Waals surface area contributed by atoms with Gasteiger partial charge in [-0.1, -0.05) is 38.1 Å². The number of benzene rings is 2. The second-order valence-electron chi connectivity index (χ2n) is 16.3. The van der Waals surface area contributed by atoms with E-state index in [1.807, 2.05) is 53.1 Å². The summed E-state index contributed by atoms with van der Waals surface area (Å²) in [6, 6.07) is 12.2. The maximum atomic E-state index is 14.3. The second kappa shape index (κ2) is 14.6. The maximum absolute atomic E-state index is 14.3. The molecule has 4 aliphatic heterocycles. The van der Waals surface area contributed by atoms with E-state index < -0.39 is 12.2 Å². The lowest BCUT2D eigenvalue weighted by Gasteiger charge is -2.44. The predicted octanol–water partition coefficient (Wildman–Crippen LogP) is 4.90. The molecule has 2 aromatic carbocycles. The van der Waals surface area contributed by atoms with E-state index in [9.17, 15) is 19.2 Å². The number of imidazole rings is 1. The molecule has 3 saturated heterocycles. The highest BCUT2D eigenvalue weighted by atomic mass is 16.6. The van der Waals surface area contributed by atoms with E-state index in [0.29, 0.717) is 57.0 Å². The Morgan fingerprint density at radius 3 is 2.23 bits per heavy atom. The van der Waals surface area contributed by atoms with E-state index >= 15 is 0 Å². The molecule has 3 aromatic rings. The molecule has 0 radical (unpaired) electrons. The first-order valence-electron chi connectivity index (χ1n) is 19.2. The zero-order chi connectivity index (χ0) is 36.7. The van der Waals surface area contributed by atoms with Gasteiger partial charge in [-0.25, -0.2) is 14.4 Å². The zero-order valence-electron chi connectivity index (χ0n) is 31.5. The lowest BCUT2D eigenvalue weighted by atomic mass is 9.82. The van der Waals surface area contributed by atoms with Crippen LogP contribution in [0.3, 0.4) is 0 Å². The van der Waals surface area contributed by atoms with Crippen LogP contribution in [-0.4, -0.2) is 111 Å². The Morgan fingerprint density at radius 2 is 1.52 bits per heavy atom. The number of amides is 4. The largest absolute Gasteiger partial charge is 0.436 e. The number of ether oxygens (including phenoxy) is 1. The van der Waals surface area contributed by atoms with Gasteiger partial charge in [0.2, 0.25) is 0 Å². The number of aryl methyl sites for hydroxylation is 3. The highest BCUT2D eigenvalue weighted by molar-refractivity contribution is 5.91. The van der Waals surface area contributed by atoms with Crippen molar-refractivity contribution in [2.75, 3.05) is 51.1 Å². The molecule has 5 heterocycles. The average Bonchev–Trinajstić information content (AvgIpc) is 3.24. The number of likely N-dealkylation sites (tertiary alicyclic amines) is 3. The Hall–Kier alpha value is -4.32. The van der Waals surface area contributed by atoms with Gasteiger partial charge in [-0.15, -0.1) is 0 Å². The standard InChI is InChI=1S/C40H55N7O5/c1-27-24-28(25-33-35(27)43(5)38(50)42(33)4)26-34(36(48)45-17-11-30(12-18-45)44-22-15-40(2,3)16-23-44)52-39(51)46-19-13-31(14-20-46)47-21-10-29-8-6-7-9-32(29)41-37(47)49/h6-9,24-25,30-31,34H,10-23,26H2,1-5H3,(H,41,49)/t34-/m1/s1. The highest BCUT2D eigenvalue weighted by Crippen LogP contribution is 2.33. The fraction of sp³-hybridized carbons (Fsp3) is 0.600. The molecule has 1 aromatic heterocycles. The topological polar surface area (TPSA) is 112 Å². The number of rotatable bonds is 6. The number of fused-ring (bicyclic) bond motifs is 2. The summed E-state index contributed by atoms with van der Waals surface area (Å²) in [6.45, 7) is 11.6. The van der Waals surface area contributed by atoms with Crippen molar-refractivity contribution in [2.24, 2.45) is 19.5 Å². The monoisotopic (exact) mass is 713 g/mol. The van der Waals surface area contributed by atoms with Gasteiger partial charge in [-0.3, -0.25) is 13.9 Å². The first-order chi connectivity index (χ1) is 24.9. The van der Waals surface area contributed by atoms with Gasteiger partial charge in [-0.2, -0.15) is 0 Å². The van der Waals surface area contributed by atoms with Crippen molar-refractivity contribution in [3.8, 4) is 0 Å². The molecule has 52 heavy (non-hydrogen) atoms. The third-order valence-corrected chi connectivity index (χ3v) is 12.3. The number of hydrogen-bond donors (Lipinski definition) is 1. The van der Waals surface area contributed by atoms with Crippen molar-refractivity contribution in [3.63, 3.8) is 0 Å². The molecular weight excluding hydrogens is 658 g/mol. The van der Waals surface area contributed by atoms with Crippen LogP contribution < -0.4 is 11.0 Å². The second-order valence-corrected chi connectivity index (χ2v) is 16.3. The van der Waals surface area contributed by atoms with E-state index in [2.05, 4.69) is 24.1 Å². The molecule has 4 aliphatic rings. The van der Waals surface area contributed by atoms with E-state index in [1.165, 1.54) is 12.8 Å². The Bertz CT molecular complexity index is 1870. The quantitative estimate of drug-likeness (QED) is 0.389. The van der Waals surface area contributed by atoms with Crippen molar-refractivity contribution < 1.29 is 19.1 Å². The van der Waals surface area contributed by atoms with Gasteiger partial charge in [-0.05, 0) is 99.2 Å². The summed E-state index contributed by atoms with van der Waals surface area (Å²) < 4.78 is 9.43. The molecule has 1 atom stereocenters. The SMILES string of the molecule is Cc1cc(C[C@@H](OC(=O)N2CCC(N3CCc4ccccc4NC3=O)CC2)C(=O)N2CCC(N3CCC(C)(C)CC3)CC2)cc2c1n(C)c(=O)n2C. The number of carbonyl (C=O) groups is 3. The van der Waals surface area contributed by atoms with Crippen molar-refractivity contribution in [3.05, 3.63) is 63.6 Å². The lowest BCUT2D eigenvalue weighted by Crippen LogP contribution is -2.53. The minimum Gasteiger partial charge on any atom is -0.436 e. The fourth-order valence-electron chi connectivity index (χ4n) is 8.91. The Morgan fingerprint density at radius 1 is 0.865 bits per heavy atom. The first kappa shape index (κ1) is 36.1. The van der Waals surface area contributed by atoms with Crippen molar-refractivity contribution >= 4 is 34.8 Å². The number of nitrogens with zero attached hydrogens (tertiary/aromatic N) is 6. The third kappa shape index (κ3) is 7.31. The molecule has 3 fully saturated rings. The van der Waals surface area contributed by atoms with Gasteiger partial charge in [0.05, 0.1) is 11.0 Å². The number of urea groups is 1. The summed E-state index contributed by atoms with van der Waals surface area (Å²) in [4.78, 5) is 62.1. The minimum atomic E-state index is -0.995. The number of aromatic nitrogens is 2. The minimum absolute atomic E-state index is 0.00952. The van der Waals surface area contributed by atoms with Crippen molar-refractivity contribution in [1.82, 2.24) is 28.7 Å². The highest BCUT2D eigenvalue weighted by Gasteiger charge is 2.37. The van der Waals surface area contributed by atoms with Gasteiger partial charge in [0.1, 0.15) is 0 Å². The number of nitrogens with one attached hydrogen (secondary N) is 1. The fourth-order valence-corrected chi connectivity index (χ4v) is 8.91. The van der Waals surface area contributed by atoms with Gasteiger partial charge in [0.25, 0.3) is 5.91 Å². The zero-order valence-corrected chi connectivity index (χ0v) is 31.5. The summed E-state index contributed by atoms with van der Waals surface area (Å²) in [6.07, 6.45) is 4.97. The number of para-hydroxylation sites is 1. The Labute approximate surface area is 306 Å². The first-order valence-corrected chi connectivity index (χ1v) is 19.2. The molecule has 4 amide bonds. The van der Waals surface area contributed by atoms with Gasteiger partial charge in [0.15, 0.2) is 6.10 Å². The van der Waals surface area contributed by atoms with Gasteiger partial charge >= 0.3 is 17.8 Å². The van der Waals surface area contributed by atoms with Crippen LogP contribution in [0, 0.1) is 12.3 Å². The summed E-state index contributed by atoms with van der Waals surface area (Å²) in [5.41, 5.74) is 5.67. The summed E-state index contributed by atoms with van der Waals surface area (Å²) in [7, 11) is 3.52. The van der Waals surface area contributed by atoms with Crippen LogP contribution in [0.15, 0.2) is 41.2 Å². The summed E-state index contributed by atoms with van der Waals surface area (Å²) >= 11 is 0. The maximum Gasteiger partial charge on any atom is 0.410 e. The molecule has 0 unspecified atom stereocenters. The lowest BCUT2D eigenvalue weighted by molar-refractivity contribution is -0.142. The smallest absolute Gasteiger partial charge is 0.410 e. The molecule has 280 valence electrons. The molecule has 7 rings (SSSR count). The summed E-state index contributed by atoms with van der Waals surface area (Å²) in [5, 5.41) is 3.06. The van der Waals surface area contributed by atoms with Gasteiger partial charge in [0, 0.05) is 71.0 Å². The van der Waals surface area contributed by atoms with Crippen LogP contribution in [0.1, 0.15) is 69.1 Å². The van der Waals surface area contributed by atoms with Crippen molar-refractivity contribution in [1.29, 1.82) is 0 Å². The van der Waals surface area contributed by atoms with Gasteiger partial charge < -0.3 is 29.7 Å². The van der Waals surface area contributed by atoms with Crippen molar-refractivity contribution in [2.45, 2.75) is 90.3 Å². The van der Waals surface area contributed by atoms with Crippen LogP contribution >= 0.6 is 0 Å². The number of hydrogen-bond acceptors (Lipinski definition) is 6. The van der Waals surface area contributed by atoms with Crippen LogP contribution in [0.25, 0.3) is 11.0 Å². The van der Waals surface area contributed by atoms with Crippen LogP contribution in [-0.2, 0) is 36.5 Å². The normalized spacial score (nSPS) is 21.1. The van der Waals surface area contributed by atoms with E-state index in [-0.39, 0.29) is 30.1 Å². The van der Waals surface area contributed by atoms with E-state index in [4.69, 9.17) is 4.74 Å². The summed E-state index contributed by atoms with van der Waals surface area (Å²) in [5.74, 6) is -0.165. The predicted molar refractivity (Wildman–Crippen MR) is 202 cm³/mol. The molecule has 1 N–H and O–H groups in total. The molecule has 12 nitrogen and oxygen atoms in total. The number of anilines is 1. The third-order valence-electron chi connectivity index (χ3n) is 12.3. The van der Waals surface area contributed by atoms with E-state index in [0.717, 1.165) is 65.8 Å². The molecule has 12 heteroatoms. The molecule has 0 bridgehead atoms.